The quantitative estimate of drug-likeness (QED) is 0.578. The van der Waals surface area contributed by atoms with Gasteiger partial charge in [-0.1, -0.05) is 48.5 Å². The molecule has 0 aliphatic heterocycles. The molecule has 0 aliphatic rings. The van der Waals surface area contributed by atoms with Gasteiger partial charge in [-0.15, -0.1) is 0 Å². The third-order valence-electron chi connectivity index (χ3n) is 5.40. The van der Waals surface area contributed by atoms with E-state index in [2.05, 4.69) is 41.3 Å². The van der Waals surface area contributed by atoms with Crippen molar-refractivity contribution in [1.29, 1.82) is 0 Å². The first kappa shape index (κ1) is 21.0. The Morgan fingerprint density at radius 2 is 1.62 bits per heavy atom. The van der Waals surface area contributed by atoms with E-state index < -0.39 is 0 Å². The molecule has 0 bridgehead atoms. The molecule has 0 heterocycles. The summed E-state index contributed by atoms with van der Waals surface area (Å²) in [6.07, 6.45) is 0.0346. The Morgan fingerprint density at radius 1 is 0.931 bits per heavy atom. The predicted octanol–water partition coefficient (Wildman–Crippen LogP) is 4.85. The van der Waals surface area contributed by atoms with E-state index in [4.69, 9.17) is 4.74 Å². The van der Waals surface area contributed by atoms with E-state index in [0.29, 0.717) is 6.54 Å². The molecule has 3 rings (SSSR count). The molecule has 0 aliphatic carbocycles. The second kappa shape index (κ2) is 9.21. The van der Waals surface area contributed by atoms with Gasteiger partial charge >= 0.3 is 0 Å². The van der Waals surface area contributed by atoms with Gasteiger partial charge in [-0.25, -0.2) is 0 Å². The van der Waals surface area contributed by atoms with Crippen LogP contribution in [0.2, 0.25) is 0 Å². The lowest BCUT2D eigenvalue weighted by Crippen LogP contribution is -2.33. The Balaban J connectivity index is 2.03. The molecule has 0 N–H and O–H groups in total. The summed E-state index contributed by atoms with van der Waals surface area (Å²) < 4.78 is 5.48. The highest BCUT2D eigenvalue weighted by molar-refractivity contribution is 6.10. The lowest BCUT2D eigenvalue weighted by atomic mass is 9.94. The maximum atomic E-state index is 13.1. The van der Waals surface area contributed by atoms with Gasteiger partial charge in [0.2, 0.25) is 0 Å². The molecule has 4 nitrogen and oxygen atoms in total. The predicted molar refractivity (Wildman–Crippen MR) is 120 cm³/mol. The monoisotopic (exact) mass is 390 g/mol. The van der Waals surface area contributed by atoms with Gasteiger partial charge in [0, 0.05) is 32.8 Å². The summed E-state index contributed by atoms with van der Waals surface area (Å²) in [6.45, 7) is 3.57. The Hall–Kier alpha value is -2.69. The van der Waals surface area contributed by atoms with Crippen molar-refractivity contribution in [3.8, 4) is 11.1 Å². The number of carbonyl (C=O) groups is 1. The Labute approximate surface area is 173 Å². The molecule has 1 amide bonds. The normalized spacial score (nSPS) is 12.3. The number of hydrogen-bond donors (Lipinski definition) is 0. The third kappa shape index (κ3) is 4.66. The average Bonchev–Trinajstić information content (AvgIpc) is 2.75. The van der Waals surface area contributed by atoms with Gasteiger partial charge in [-0.05, 0) is 60.6 Å². The van der Waals surface area contributed by atoms with E-state index in [1.807, 2.05) is 52.3 Å². The average molecular weight is 391 g/mol. The highest BCUT2D eigenvalue weighted by Gasteiger charge is 2.16. The number of amides is 1. The topological polar surface area (TPSA) is 32.8 Å². The molecule has 152 valence electrons. The largest absolute Gasteiger partial charge is 0.377 e. The number of carbonyl (C=O) groups excluding carboxylic acids is 1. The third-order valence-corrected chi connectivity index (χ3v) is 5.40. The van der Waals surface area contributed by atoms with Gasteiger partial charge in [0.05, 0.1) is 6.10 Å². The zero-order valence-electron chi connectivity index (χ0n) is 18.0. The van der Waals surface area contributed by atoms with Crippen molar-refractivity contribution < 1.29 is 9.53 Å². The standard InChI is InChI=1S/C25H30N2O2/c1-18(29-5)19-9-6-10-20(17-19)21-11-7-13-23-22(21)12-8-14-24(23)25(28)27(4)16-15-26(2)3/h6-14,17-18H,15-16H2,1-5H3. The first-order valence-corrected chi connectivity index (χ1v) is 9.97. The Morgan fingerprint density at radius 3 is 2.34 bits per heavy atom. The van der Waals surface area contributed by atoms with Crippen LogP contribution in [0.1, 0.15) is 28.9 Å². The molecular formula is C25H30N2O2. The number of nitrogens with zero attached hydrogens (tertiary/aromatic N) is 2. The molecule has 0 fully saturated rings. The lowest BCUT2D eigenvalue weighted by molar-refractivity contribution is 0.0788. The summed E-state index contributed by atoms with van der Waals surface area (Å²) in [5.74, 6) is 0.0522. The number of hydrogen-bond acceptors (Lipinski definition) is 3. The van der Waals surface area contributed by atoms with Crippen LogP contribution >= 0.6 is 0 Å². The second-order valence-electron chi connectivity index (χ2n) is 7.74. The molecule has 0 saturated heterocycles. The van der Waals surface area contributed by atoms with Gasteiger partial charge in [0.25, 0.3) is 5.91 Å². The van der Waals surface area contributed by atoms with E-state index in [-0.39, 0.29) is 12.0 Å². The summed E-state index contributed by atoms with van der Waals surface area (Å²) >= 11 is 0. The molecule has 0 spiro atoms. The van der Waals surface area contributed by atoms with Crippen molar-refractivity contribution in [3.05, 3.63) is 71.8 Å². The van der Waals surface area contributed by atoms with E-state index in [9.17, 15) is 4.79 Å². The molecule has 29 heavy (non-hydrogen) atoms. The van der Waals surface area contributed by atoms with Gasteiger partial charge < -0.3 is 14.5 Å². The van der Waals surface area contributed by atoms with Crippen LogP contribution in [0.25, 0.3) is 21.9 Å². The van der Waals surface area contributed by atoms with Crippen LogP contribution in [0.3, 0.4) is 0 Å². The minimum absolute atomic E-state index is 0.0346. The van der Waals surface area contributed by atoms with Crippen molar-refractivity contribution in [3.63, 3.8) is 0 Å². The van der Waals surface area contributed by atoms with Crippen molar-refractivity contribution >= 4 is 16.7 Å². The molecule has 3 aromatic rings. The lowest BCUT2D eigenvalue weighted by Gasteiger charge is -2.21. The van der Waals surface area contributed by atoms with Crippen molar-refractivity contribution in [2.45, 2.75) is 13.0 Å². The van der Waals surface area contributed by atoms with Crippen molar-refractivity contribution in [2.24, 2.45) is 0 Å². The van der Waals surface area contributed by atoms with Crippen LogP contribution in [0.4, 0.5) is 0 Å². The number of likely N-dealkylation sites (N-methyl/N-ethyl adjacent to an activating group) is 2. The summed E-state index contributed by atoms with van der Waals surface area (Å²) in [5, 5.41) is 2.07. The molecule has 0 radical (unpaired) electrons. The second-order valence-corrected chi connectivity index (χ2v) is 7.74. The minimum Gasteiger partial charge on any atom is -0.377 e. The molecule has 0 saturated carbocycles. The van der Waals surface area contributed by atoms with Gasteiger partial charge in [0.15, 0.2) is 0 Å². The zero-order chi connectivity index (χ0) is 21.0. The van der Waals surface area contributed by atoms with Crippen molar-refractivity contribution in [1.82, 2.24) is 9.80 Å². The summed E-state index contributed by atoms with van der Waals surface area (Å²) in [5.41, 5.74) is 4.13. The molecule has 3 aromatic carbocycles. The number of ether oxygens (including phenoxy) is 1. The van der Waals surface area contributed by atoms with Crippen LogP contribution < -0.4 is 0 Å². The van der Waals surface area contributed by atoms with Crippen LogP contribution in [0, 0.1) is 0 Å². The Bertz CT molecular complexity index is 997. The van der Waals surface area contributed by atoms with Gasteiger partial charge in [-0.3, -0.25) is 4.79 Å². The molecule has 1 atom stereocenters. The zero-order valence-corrected chi connectivity index (χ0v) is 18.0. The van der Waals surface area contributed by atoms with Crippen LogP contribution in [-0.4, -0.2) is 57.0 Å². The van der Waals surface area contributed by atoms with Crippen LogP contribution in [-0.2, 0) is 4.74 Å². The van der Waals surface area contributed by atoms with Gasteiger partial charge in [0.1, 0.15) is 0 Å². The first-order valence-electron chi connectivity index (χ1n) is 9.97. The maximum absolute atomic E-state index is 13.1. The van der Waals surface area contributed by atoms with Crippen LogP contribution in [0.5, 0.6) is 0 Å². The van der Waals surface area contributed by atoms with E-state index in [0.717, 1.165) is 39.6 Å². The molecule has 0 aromatic heterocycles. The fourth-order valence-electron chi connectivity index (χ4n) is 3.50. The minimum atomic E-state index is 0.0346. The summed E-state index contributed by atoms with van der Waals surface area (Å²) in [4.78, 5) is 17.0. The highest BCUT2D eigenvalue weighted by Crippen LogP contribution is 2.32. The number of rotatable bonds is 7. The Kier molecular flexibility index (Phi) is 6.68. The SMILES string of the molecule is COC(C)c1cccc(-c2cccc3c(C(=O)N(C)CCN(C)C)cccc23)c1. The van der Waals surface area contributed by atoms with E-state index >= 15 is 0 Å². The molecule has 1 unspecified atom stereocenters. The smallest absolute Gasteiger partial charge is 0.254 e. The van der Waals surface area contributed by atoms with Crippen LogP contribution in [0.15, 0.2) is 60.7 Å². The molecular weight excluding hydrogens is 360 g/mol. The maximum Gasteiger partial charge on any atom is 0.254 e. The van der Waals surface area contributed by atoms with Gasteiger partial charge in [-0.2, -0.15) is 0 Å². The number of benzene rings is 3. The van der Waals surface area contributed by atoms with Crippen molar-refractivity contribution in [2.75, 3.05) is 41.3 Å². The first-order chi connectivity index (χ1) is 13.9. The fourth-order valence-corrected chi connectivity index (χ4v) is 3.50. The summed E-state index contributed by atoms with van der Waals surface area (Å²) in [6, 6.07) is 20.6. The highest BCUT2D eigenvalue weighted by atomic mass is 16.5. The summed E-state index contributed by atoms with van der Waals surface area (Å²) in [7, 11) is 7.62. The van der Waals surface area contributed by atoms with E-state index in [1.165, 1.54) is 0 Å². The molecule has 4 heteroatoms. The number of fused-ring (bicyclic) bond motifs is 1. The number of methoxy groups -OCH3 is 1. The fraction of sp³-hybridized carbons (Fsp3) is 0.320. The van der Waals surface area contributed by atoms with E-state index in [1.54, 1.807) is 12.0 Å².